The van der Waals surface area contributed by atoms with E-state index >= 15 is 0 Å². The molecule has 0 saturated heterocycles. The molecule has 0 aromatic heterocycles. The van der Waals surface area contributed by atoms with Crippen molar-refractivity contribution < 1.29 is 4.79 Å². The first-order valence-electron chi connectivity index (χ1n) is 8.81. The molecule has 1 rings (SSSR count). The van der Waals surface area contributed by atoms with Crippen molar-refractivity contribution >= 4 is 63.7 Å². The predicted octanol–water partition coefficient (Wildman–Crippen LogP) is 5.54. The van der Waals surface area contributed by atoms with Gasteiger partial charge in [-0.3, -0.25) is 4.79 Å². The van der Waals surface area contributed by atoms with Gasteiger partial charge in [0.25, 0.3) is 0 Å². The summed E-state index contributed by atoms with van der Waals surface area (Å²) >= 11 is 23.2. The van der Waals surface area contributed by atoms with Gasteiger partial charge in [0.05, 0.1) is 0 Å². The van der Waals surface area contributed by atoms with Crippen LogP contribution in [0, 0.1) is 0 Å². The van der Waals surface area contributed by atoms with E-state index in [0.717, 1.165) is 24.9 Å². The van der Waals surface area contributed by atoms with Crippen molar-refractivity contribution in [3.63, 3.8) is 0 Å². The lowest BCUT2D eigenvalue weighted by Gasteiger charge is -2.27. The third-order valence-electron chi connectivity index (χ3n) is 3.70. The van der Waals surface area contributed by atoms with Crippen LogP contribution in [0.25, 0.3) is 0 Å². The molecule has 4 nitrogen and oxygen atoms in total. The Labute approximate surface area is 176 Å². The number of anilines is 1. The summed E-state index contributed by atoms with van der Waals surface area (Å²) in [4.78, 5) is 12.1. The van der Waals surface area contributed by atoms with Gasteiger partial charge in [-0.15, -0.1) is 0 Å². The molecule has 1 amide bonds. The Balaban J connectivity index is 2.43. The zero-order valence-electron chi connectivity index (χ0n) is 14.9. The van der Waals surface area contributed by atoms with Crippen LogP contribution in [0.1, 0.15) is 51.9 Å². The van der Waals surface area contributed by atoms with Gasteiger partial charge in [0.1, 0.15) is 6.17 Å². The Morgan fingerprint density at radius 2 is 1.65 bits per heavy atom. The maximum absolute atomic E-state index is 12.1. The van der Waals surface area contributed by atoms with Crippen LogP contribution in [0.3, 0.4) is 0 Å². The van der Waals surface area contributed by atoms with Crippen LogP contribution >= 0.6 is 47.0 Å². The average Bonchev–Trinajstić information content (AvgIpc) is 2.57. The number of amides is 1. The van der Waals surface area contributed by atoms with Crippen LogP contribution < -0.4 is 16.0 Å². The summed E-state index contributed by atoms with van der Waals surface area (Å²) in [6, 6.07) is 9.36. The Kier molecular flexibility index (Phi) is 11.3. The van der Waals surface area contributed by atoms with E-state index in [1.165, 1.54) is 19.3 Å². The highest BCUT2D eigenvalue weighted by Gasteiger charge is 2.34. The number of hydrogen-bond acceptors (Lipinski definition) is 2. The summed E-state index contributed by atoms with van der Waals surface area (Å²) in [5.74, 6) is -0.174. The van der Waals surface area contributed by atoms with Gasteiger partial charge in [0.15, 0.2) is 5.11 Å². The molecule has 146 valence electrons. The molecule has 0 heterocycles. The third kappa shape index (κ3) is 10.4. The SMILES string of the molecule is CCCCCCCCC(=O)NC(NC(=S)Nc1ccccc1)C(Cl)(Cl)Cl. The molecule has 1 unspecified atom stereocenters. The van der Waals surface area contributed by atoms with Crippen molar-refractivity contribution in [2.45, 2.75) is 61.8 Å². The van der Waals surface area contributed by atoms with E-state index in [0.29, 0.717) is 6.42 Å². The van der Waals surface area contributed by atoms with Gasteiger partial charge in [0.2, 0.25) is 9.70 Å². The number of hydrogen-bond donors (Lipinski definition) is 3. The minimum atomic E-state index is -1.74. The fourth-order valence-electron chi connectivity index (χ4n) is 2.32. The summed E-state index contributed by atoms with van der Waals surface area (Å²) in [5, 5.41) is 8.79. The molecule has 1 aromatic carbocycles. The first-order chi connectivity index (χ1) is 12.3. The quantitative estimate of drug-likeness (QED) is 0.194. The monoisotopic (exact) mass is 437 g/mol. The van der Waals surface area contributed by atoms with Crippen LogP contribution in [-0.2, 0) is 4.79 Å². The van der Waals surface area contributed by atoms with Gasteiger partial charge in [-0.2, -0.15) is 0 Å². The highest BCUT2D eigenvalue weighted by molar-refractivity contribution is 7.80. The van der Waals surface area contributed by atoms with Crippen molar-refractivity contribution in [2.24, 2.45) is 0 Å². The Morgan fingerprint density at radius 3 is 2.27 bits per heavy atom. The standard InChI is InChI=1S/C18H26Cl3N3OS/c1-2-3-4-5-6-10-13-15(25)23-16(18(19,20)21)24-17(26)22-14-11-8-7-9-12-14/h7-9,11-12,16H,2-6,10,13H2,1H3,(H,23,25)(H2,22,24,26). The summed E-state index contributed by atoms with van der Waals surface area (Å²) in [5.41, 5.74) is 0.798. The van der Waals surface area contributed by atoms with Crippen LogP contribution in [0.4, 0.5) is 5.69 Å². The van der Waals surface area contributed by atoms with Crippen molar-refractivity contribution in [1.82, 2.24) is 10.6 Å². The molecule has 0 aliphatic rings. The third-order valence-corrected chi connectivity index (χ3v) is 4.57. The van der Waals surface area contributed by atoms with Gasteiger partial charge in [0, 0.05) is 12.1 Å². The molecule has 0 radical (unpaired) electrons. The van der Waals surface area contributed by atoms with Crippen molar-refractivity contribution in [3.05, 3.63) is 30.3 Å². The number of nitrogens with one attached hydrogen (secondary N) is 3. The molecule has 8 heteroatoms. The molecule has 0 spiro atoms. The summed E-state index contributed by atoms with van der Waals surface area (Å²) in [7, 11) is 0. The van der Waals surface area contributed by atoms with Crippen molar-refractivity contribution in [2.75, 3.05) is 5.32 Å². The van der Waals surface area contributed by atoms with Gasteiger partial charge < -0.3 is 16.0 Å². The molecule has 0 aliphatic heterocycles. The summed E-state index contributed by atoms with van der Waals surface area (Å²) in [6.07, 6.45) is 6.08. The maximum Gasteiger partial charge on any atom is 0.228 e. The normalized spacial score (nSPS) is 12.3. The van der Waals surface area contributed by atoms with E-state index in [9.17, 15) is 4.79 Å². The topological polar surface area (TPSA) is 53.2 Å². The first-order valence-corrected chi connectivity index (χ1v) is 10.4. The minimum Gasteiger partial charge on any atom is -0.339 e. The Bertz CT molecular complexity index is 552. The molecule has 0 bridgehead atoms. The number of alkyl halides is 3. The summed E-state index contributed by atoms with van der Waals surface area (Å²) in [6.45, 7) is 2.17. The number of halogens is 3. The number of carbonyl (C=O) groups excluding carboxylic acids is 1. The minimum absolute atomic E-state index is 0.174. The predicted molar refractivity (Wildman–Crippen MR) is 116 cm³/mol. The molecule has 0 aliphatic carbocycles. The zero-order valence-corrected chi connectivity index (χ0v) is 17.9. The van der Waals surface area contributed by atoms with E-state index < -0.39 is 9.96 Å². The largest absolute Gasteiger partial charge is 0.339 e. The molecular weight excluding hydrogens is 413 g/mol. The summed E-state index contributed by atoms with van der Waals surface area (Å²) < 4.78 is -1.74. The number of para-hydroxylation sites is 1. The van der Waals surface area contributed by atoms with Gasteiger partial charge in [-0.1, -0.05) is 92.0 Å². The highest BCUT2D eigenvalue weighted by Crippen LogP contribution is 2.29. The van der Waals surface area contributed by atoms with Crippen molar-refractivity contribution in [1.29, 1.82) is 0 Å². The van der Waals surface area contributed by atoms with Gasteiger partial charge in [-0.25, -0.2) is 0 Å². The highest BCUT2D eigenvalue weighted by atomic mass is 35.6. The number of carbonyl (C=O) groups is 1. The van der Waals surface area contributed by atoms with Gasteiger partial charge >= 0.3 is 0 Å². The molecule has 1 aromatic rings. The Hall–Kier alpha value is -0.750. The van der Waals surface area contributed by atoms with Crippen LogP contribution in [0.5, 0.6) is 0 Å². The van der Waals surface area contributed by atoms with E-state index in [4.69, 9.17) is 47.0 Å². The second-order valence-electron chi connectivity index (χ2n) is 6.02. The number of unbranched alkanes of at least 4 members (excludes halogenated alkanes) is 5. The second-order valence-corrected chi connectivity index (χ2v) is 8.80. The lowest BCUT2D eigenvalue weighted by molar-refractivity contribution is -0.122. The Morgan fingerprint density at radius 1 is 1.04 bits per heavy atom. The van der Waals surface area contributed by atoms with E-state index in [2.05, 4.69) is 22.9 Å². The molecule has 0 fully saturated rings. The lowest BCUT2D eigenvalue weighted by Crippen LogP contribution is -2.56. The first kappa shape index (κ1) is 23.3. The molecule has 0 saturated carbocycles. The number of benzene rings is 1. The average molecular weight is 439 g/mol. The fraction of sp³-hybridized carbons (Fsp3) is 0.556. The molecular formula is C18H26Cl3N3OS. The van der Waals surface area contributed by atoms with Crippen LogP contribution in [-0.4, -0.2) is 21.0 Å². The van der Waals surface area contributed by atoms with E-state index in [1.807, 2.05) is 30.3 Å². The van der Waals surface area contributed by atoms with Gasteiger partial charge in [-0.05, 0) is 30.8 Å². The van der Waals surface area contributed by atoms with E-state index in [-0.39, 0.29) is 11.0 Å². The molecule has 1 atom stereocenters. The van der Waals surface area contributed by atoms with Crippen LogP contribution in [0.15, 0.2) is 30.3 Å². The lowest BCUT2D eigenvalue weighted by atomic mass is 10.1. The fourth-order valence-corrected chi connectivity index (χ4v) is 2.88. The van der Waals surface area contributed by atoms with E-state index in [1.54, 1.807) is 0 Å². The second kappa shape index (κ2) is 12.6. The zero-order chi connectivity index (χ0) is 19.4. The molecule has 26 heavy (non-hydrogen) atoms. The smallest absolute Gasteiger partial charge is 0.228 e. The number of thiocarbonyl (C=S) groups is 1. The van der Waals surface area contributed by atoms with Crippen LogP contribution in [0.2, 0.25) is 0 Å². The maximum atomic E-state index is 12.1. The number of rotatable bonds is 10. The van der Waals surface area contributed by atoms with Crippen molar-refractivity contribution in [3.8, 4) is 0 Å². The molecule has 3 N–H and O–H groups in total.